The smallest absolute Gasteiger partial charge is 0.125 e. The van der Waals surface area contributed by atoms with E-state index in [-0.39, 0.29) is 5.54 Å². The van der Waals surface area contributed by atoms with Crippen molar-refractivity contribution in [3.63, 3.8) is 0 Å². The summed E-state index contributed by atoms with van der Waals surface area (Å²) in [5, 5.41) is 12.5. The first-order valence-corrected chi connectivity index (χ1v) is 5.09. The van der Waals surface area contributed by atoms with Crippen molar-refractivity contribution >= 4 is 5.69 Å². The van der Waals surface area contributed by atoms with Crippen LogP contribution in [0.1, 0.15) is 25.7 Å². The fourth-order valence-corrected chi connectivity index (χ4v) is 2.04. The third-order valence-corrected chi connectivity index (χ3v) is 2.83. The van der Waals surface area contributed by atoms with Crippen molar-refractivity contribution in [1.82, 2.24) is 0 Å². The number of hydrogen-bond donors (Lipinski definition) is 1. The molecule has 1 N–H and O–H groups in total. The molecule has 0 bridgehead atoms. The van der Waals surface area contributed by atoms with Gasteiger partial charge in [0.05, 0.1) is 6.07 Å². The van der Waals surface area contributed by atoms with Crippen LogP contribution in [0.25, 0.3) is 0 Å². The molecule has 1 aliphatic carbocycles. The normalized spacial score (nSPS) is 18.8. The quantitative estimate of drug-likeness (QED) is 0.770. The van der Waals surface area contributed by atoms with Gasteiger partial charge in [0.1, 0.15) is 5.54 Å². The Bertz CT molecular complexity index is 331. The molecule has 0 heterocycles. The Kier molecular flexibility index (Phi) is 2.41. The maximum atomic E-state index is 9.17. The van der Waals surface area contributed by atoms with Crippen molar-refractivity contribution in [2.24, 2.45) is 0 Å². The zero-order chi connectivity index (χ0) is 9.86. The van der Waals surface area contributed by atoms with Crippen LogP contribution < -0.4 is 5.32 Å². The van der Waals surface area contributed by atoms with E-state index < -0.39 is 0 Å². The highest BCUT2D eigenvalue weighted by atomic mass is 15.0. The lowest BCUT2D eigenvalue weighted by molar-refractivity contribution is 0.613. The molecule has 0 unspecified atom stereocenters. The first-order valence-electron chi connectivity index (χ1n) is 5.09. The molecule has 1 aliphatic rings. The molecule has 0 spiro atoms. The summed E-state index contributed by atoms with van der Waals surface area (Å²) in [7, 11) is 0. The van der Waals surface area contributed by atoms with Crippen LogP contribution in [0.2, 0.25) is 0 Å². The summed E-state index contributed by atoms with van der Waals surface area (Å²) in [5.41, 5.74) is 0.748. The van der Waals surface area contributed by atoms with Crippen LogP contribution in [0.3, 0.4) is 0 Å². The van der Waals surface area contributed by atoms with Crippen molar-refractivity contribution in [2.75, 3.05) is 5.32 Å². The fourth-order valence-electron chi connectivity index (χ4n) is 2.04. The molecule has 2 nitrogen and oxygen atoms in total. The SMILES string of the molecule is N#CC1(Nc2ccccc2)CCCC1. The number of benzene rings is 1. The van der Waals surface area contributed by atoms with Gasteiger partial charge in [-0.1, -0.05) is 18.2 Å². The van der Waals surface area contributed by atoms with E-state index in [1.165, 1.54) is 0 Å². The van der Waals surface area contributed by atoms with Crippen molar-refractivity contribution < 1.29 is 0 Å². The van der Waals surface area contributed by atoms with E-state index in [4.69, 9.17) is 5.26 Å². The second kappa shape index (κ2) is 3.71. The molecule has 1 aromatic carbocycles. The van der Waals surface area contributed by atoms with Crippen LogP contribution in [-0.2, 0) is 0 Å². The summed E-state index contributed by atoms with van der Waals surface area (Å²) in [5.74, 6) is 0. The summed E-state index contributed by atoms with van der Waals surface area (Å²) < 4.78 is 0. The molecule has 1 fully saturated rings. The number of nitriles is 1. The van der Waals surface area contributed by atoms with Gasteiger partial charge in [-0.25, -0.2) is 0 Å². The number of nitrogens with one attached hydrogen (secondary N) is 1. The van der Waals surface area contributed by atoms with Crippen LogP contribution in [0, 0.1) is 11.3 Å². The summed E-state index contributed by atoms with van der Waals surface area (Å²) in [6, 6.07) is 12.4. The monoisotopic (exact) mass is 186 g/mol. The Morgan fingerprint density at radius 2 is 1.79 bits per heavy atom. The van der Waals surface area contributed by atoms with E-state index in [9.17, 15) is 0 Å². The molecule has 2 heteroatoms. The summed E-state index contributed by atoms with van der Waals surface area (Å²) >= 11 is 0. The Morgan fingerprint density at radius 1 is 1.14 bits per heavy atom. The van der Waals surface area contributed by atoms with Crippen molar-refractivity contribution in [3.05, 3.63) is 30.3 Å². The average Bonchev–Trinajstić information content (AvgIpc) is 2.69. The Hall–Kier alpha value is -1.49. The number of para-hydroxylation sites is 1. The highest BCUT2D eigenvalue weighted by molar-refractivity contribution is 5.47. The summed E-state index contributed by atoms with van der Waals surface area (Å²) in [6.07, 6.45) is 4.26. The van der Waals surface area contributed by atoms with Gasteiger partial charge in [-0.05, 0) is 37.8 Å². The second-order valence-electron chi connectivity index (χ2n) is 3.89. The molecule has 0 radical (unpaired) electrons. The largest absolute Gasteiger partial charge is 0.367 e. The van der Waals surface area contributed by atoms with E-state index in [0.717, 1.165) is 31.4 Å². The van der Waals surface area contributed by atoms with Crippen molar-refractivity contribution in [1.29, 1.82) is 5.26 Å². The van der Waals surface area contributed by atoms with E-state index in [1.54, 1.807) is 0 Å². The lowest BCUT2D eigenvalue weighted by Crippen LogP contribution is -2.32. The minimum absolute atomic E-state index is 0.304. The van der Waals surface area contributed by atoms with E-state index in [2.05, 4.69) is 11.4 Å². The van der Waals surface area contributed by atoms with Gasteiger partial charge < -0.3 is 5.32 Å². The molecule has 72 valence electrons. The van der Waals surface area contributed by atoms with Gasteiger partial charge in [-0.2, -0.15) is 5.26 Å². The summed E-state index contributed by atoms with van der Waals surface area (Å²) in [6.45, 7) is 0. The van der Waals surface area contributed by atoms with Crippen molar-refractivity contribution in [3.8, 4) is 6.07 Å². The summed E-state index contributed by atoms with van der Waals surface area (Å²) in [4.78, 5) is 0. The minimum Gasteiger partial charge on any atom is -0.367 e. The number of rotatable bonds is 2. The molecule has 1 saturated carbocycles. The van der Waals surface area contributed by atoms with E-state index in [1.807, 2.05) is 30.3 Å². The predicted molar refractivity (Wildman–Crippen MR) is 56.9 cm³/mol. The molecule has 0 aliphatic heterocycles. The first-order chi connectivity index (χ1) is 6.85. The Balaban J connectivity index is 2.13. The maximum Gasteiger partial charge on any atom is 0.125 e. The molecule has 0 amide bonds. The lowest BCUT2D eigenvalue weighted by Gasteiger charge is -2.23. The number of hydrogen-bond acceptors (Lipinski definition) is 2. The highest BCUT2D eigenvalue weighted by Crippen LogP contribution is 2.32. The Morgan fingerprint density at radius 3 is 2.36 bits per heavy atom. The molecule has 0 atom stereocenters. The molecule has 2 rings (SSSR count). The van der Waals surface area contributed by atoms with Gasteiger partial charge in [-0.15, -0.1) is 0 Å². The van der Waals surface area contributed by atoms with Gasteiger partial charge in [-0.3, -0.25) is 0 Å². The molecule has 0 saturated heterocycles. The van der Waals surface area contributed by atoms with E-state index >= 15 is 0 Å². The first kappa shape index (κ1) is 9.08. The van der Waals surface area contributed by atoms with Crippen LogP contribution in [0.5, 0.6) is 0 Å². The zero-order valence-electron chi connectivity index (χ0n) is 8.16. The number of nitrogens with zero attached hydrogens (tertiary/aromatic N) is 1. The fraction of sp³-hybridized carbons (Fsp3) is 0.417. The molecule has 14 heavy (non-hydrogen) atoms. The van der Waals surface area contributed by atoms with Crippen molar-refractivity contribution in [2.45, 2.75) is 31.2 Å². The van der Waals surface area contributed by atoms with Crippen LogP contribution in [-0.4, -0.2) is 5.54 Å². The van der Waals surface area contributed by atoms with Gasteiger partial charge in [0, 0.05) is 5.69 Å². The minimum atomic E-state index is -0.304. The van der Waals surface area contributed by atoms with Crippen LogP contribution in [0.15, 0.2) is 30.3 Å². The molecule has 0 aromatic heterocycles. The van der Waals surface area contributed by atoms with E-state index in [0.29, 0.717) is 0 Å². The van der Waals surface area contributed by atoms with Gasteiger partial charge in [0.2, 0.25) is 0 Å². The average molecular weight is 186 g/mol. The third-order valence-electron chi connectivity index (χ3n) is 2.83. The third kappa shape index (κ3) is 1.72. The lowest BCUT2D eigenvalue weighted by atomic mass is 9.99. The highest BCUT2D eigenvalue weighted by Gasteiger charge is 2.33. The van der Waals surface area contributed by atoms with Gasteiger partial charge >= 0.3 is 0 Å². The van der Waals surface area contributed by atoms with Gasteiger partial charge in [0.25, 0.3) is 0 Å². The molecular weight excluding hydrogens is 172 g/mol. The standard InChI is InChI=1S/C12H14N2/c13-10-12(8-4-5-9-12)14-11-6-2-1-3-7-11/h1-3,6-7,14H,4-5,8-9H2. The van der Waals surface area contributed by atoms with Crippen LogP contribution in [0.4, 0.5) is 5.69 Å². The topological polar surface area (TPSA) is 35.8 Å². The molecular formula is C12H14N2. The number of anilines is 1. The maximum absolute atomic E-state index is 9.17. The molecule has 1 aromatic rings. The van der Waals surface area contributed by atoms with Crippen LogP contribution >= 0.6 is 0 Å². The van der Waals surface area contributed by atoms with Gasteiger partial charge in [0.15, 0.2) is 0 Å². The predicted octanol–water partition coefficient (Wildman–Crippen LogP) is 2.93. The zero-order valence-corrected chi connectivity index (χ0v) is 8.16. The Labute approximate surface area is 84.6 Å². The second-order valence-corrected chi connectivity index (χ2v) is 3.89.